The lowest BCUT2D eigenvalue weighted by Crippen LogP contribution is -2.56. The van der Waals surface area contributed by atoms with E-state index in [2.05, 4.69) is 39.9 Å². The number of methoxy groups -OCH3 is 1. The number of anilines is 1. The quantitative estimate of drug-likeness (QED) is 0.549. The number of carbonyl (C=O) groups excluding carboxylic acids is 1. The maximum atomic E-state index is 13.7. The highest BCUT2D eigenvalue weighted by Gasteiger charge is 2.63. The molecule has 2 heterocycles. The number of nitriles is 1. The summed E-state index contributed by atoms with van der Waals surface area (Å²) in [6.45, 7) is 11.0. The smallest absolute Gasteiger partial charge is 0.263 e. The summed E-state index contributed by atoms with van der Waals surface area (Å²) in [5.74, 6) is 0.469. The Morgan fingerprint density at radius 1 is 1.24 bits per heavy atom. The Bertz CT molecular complexity index is 838. The van der Waals surface area contributed by atoms with Gasteiger partial charge in [-0.05, 0) is 42.4 Å². The third-order valence-electron chi connectivity index (χ3n) is 6.34. The van der Waals surface area contributed by atoms with Gasteiger partial charge >= 0.3 is 0 Å². The summed E-state index contributed by atoms with van der Waals surface area (Å²) in [5.41, 5.74) is -0.536. The molecule has 0 bridgehead atoms. The molecule has 1 amide bonds. The molecule has 156 valence electrons. The van der Waals surface area contributed by atoms with Gasteiger partial charge in [0.1, 0.15) is 11.9 Å². The minimum Gasteiger partial charge on any atom is -0.497 e. The fraction of sp³-hybridized carbons (Fsp3) is 0.545. The number of rotatable bonds is 4. The first kappa shape index (κ1) is 21.6. The van der Waals surface area contributed by atoms with Gasteiger partial charge in [0.25, 0.3) is 5.91 Å². The first-order valence-electron chi connectivity index (χ1n) is 9.91. The maximum absolute atomic E-state index is 13.7. The lowest BCUT2D eigenvalue weighted by atomic mass is 9.91. The zero-order valence-electron chi connectivity index (χ0n) is 18.1. The molecule has 29 heavy (non-hydrogen) atoms. The number of amides is 1. The highest BCUT2D eigenvalue weighted by Crippen LogP contribution is 2.46. The second-order valence-corrected chi connectivity index (χ2v) is 13.9. The molecule has 0 aliphatic carbocycles. The van der Waals surface area contributed by atoms with Gasteiger partial charge in [-0.3, -0.25) is 9.69 Å². The predicted molar refractivity (Wildman–Crippen MR) is 114 cm³/mol. The summed E-state index contributed by atoms with van der Waals surface area (Å²) in [4.78, 5) is 15.2. The Hall–Kier alpha value is -2.14. The highest BCUT2D eigenvalue weighted by molar-refractivity contribution is 6.74. The van der Waals surface area contributed by atoms with Gasteiger partial charge in [-0.25, -0.2) is 0 Å². The second-order valence-electron chi connectivity index (χ2n) is 9.12. The fourth-order valence-corrected chi connectivity index (χ4v) is 4.88. The van der Waals surface area contributed by atoms with Gasteiger partial charge in [0.15, 0.2) is 20.0 Å². The molecular formula is C22H30N2O4Si. The largest absolute Gasteiger partial charge is 0.497 e. The summed E-state index contributed by atoms with van der Waals surface area (Å²) in [5, 5.41) is 10.0. The monoisotopic (exact) mass is 414 g/mol. The molecule has 1 spiro atoms. The Kier molecular flexibility index (Phi) is 5.65. The zero-order valence-corrected chi connectivity index (χ0v) is 19.1. The van der Waals surface area contributed by atoms with Crippen molar-refractivity contribution in [1.82, 2.24) is 0 Å². The Morgan fingerprint density at radius 3 is 2.38 bits per heavy atom. The average molecular weight is 415 g/mol. The van der Waals surface area contributed by atoms with Crippen LogP contribution in [-0.2, 0) is 14.0 Å². The molecule has 1 aromatic carbocycles. The van der Waals surface area contributed by atoms with Crippen LogP contribution in [0, 0.1) is 11.3 Å². The molecule has 2 aliphatic rings. The van der Waals surface area contributed by atoms with Gasteiger partial charge in [-0.1, -0.05) is 32.9 Å². The molecule has 2 aliphatic heterocycles. The van der Waals surface area contributed by atoms with Gasteiger partial charge in [-0.2, -0.15) is 5.26 Å². The van der Waals surface area contributed by atoms with Crippen LogP contribution in [-0.4, -0.2) is 45.7 Å². The van der Waals surface area contributed by atoms with E-state index in [9.17, 15) is 10.1 Å². The molecule has 0 N–H and O–H groups in total. The first-order chi connectivity index (χ1) is 13.6. The summed E-state index contributed by atoms with van der Waals surface area (Å²) in [6.07, 6.45) is 3.60. The molecular weight excluding hydrogens is 384 g/mol. The SMILES string of the molecule is COc1ccc(N2C(=O)[C@@]3(CC=CCO3)[C@@H](O[Si](C)(C)C(C)(C)C)[C@H]2C#N)cc1. The normalized spacial score (nSPS) is 27.3. The molecule has 0 saturated carbocycles. The molecule has 1 aromatic rings. The van der Waals surface area contributed by atoms with Crippen LogP contribution in [0.15, 0.2) is 36.4 Å². The zero-order chi connectivity index (χ0) is 21.4. The average Bonchev–Trinajstić information content (AvgIpc) is 2.89. The second kappa shape index (κ2) is 7.60. The van der Waals surface area contributed by atoms with E-state index in [4.69, 9.17) is 13.9 Å². The lowest BCUT2D eigenvalue weighted by Gasteiger charge is -2.43. The molecule has 0 unspecified atom stereocenters. The number of nitrogens with zero attached hydrogens (tertiary/aromatic N) is 2. The van der Waals surface area contributed by atoms with Crippen molar-refractivity contribution < 1.29 is 18.7 Å². The van der Waals surface area contributed by atoms with Gasteiger partial charge in [0, 0.05) is 12.1 Å². The van der Waals surface area contributed by atoms with Crippen molar-refractivity contribution >= 4 is 19.9 Å². The van der Waals surface area contributed by atoms with Crippen LogP contribution in [0.4, 0.5) is 5.69 Å². The molecule has 1 fully saturated rings. The number of carbonyl (C=O) groups is 1. The molecule has 7 heteroatoms. The van der Waals surface area contributed by atoms with E-state index in [1.807, 2.05) is 12.2 Å². The Labute approximate surface area is 174 Å². The van der Waals surface area contributed by atoms with Crippen LogP contribution in [0.1, 0.15) is 27.2 Å². The number of ether oxygens (including phenoxy) is 2. The van der Waals surface area contributed by atoms with E-state index < -0.39 is 26.1 Å². The highest BCUT2D eigenvalue weighted by atomic mass is 28.4. The Morgan fingerprint density at radius 2 is 1.90 bits per heavy atom. The van der Waals surface area contributed by atoms with E-state index in [-0.39, 0.29) is 10.9 Å². The number of hydrogen-bond acceptors (Lipinski definition) is 5. The van der Waals surface area contributed by atoms with Crippen LogP contribution >= 0.6 is 0 Å². The van der Waals surface area contributed by atoms with Crippen molar-refractivity contribution in [1.29, 1.82) is 5.26 Å². The minimum atomic E-state index is -2.27. The van der Waals surface area contributed by atoms with Crippen LogP contribution in [0.5, 0.6) is 5.75 Å². The van der Waals surface area contributed by atoms with Crippen LogP contribution in [0.2, 0.25) is 18.1 Å². The van der Waals surface area contributed by atoms with Gasteiger partial charge < -0.3 is 13.9 Å². The third-order valence-corrected chi connectivity index (χ3v) is 10.8. The molecule has 3 rings (SSSR count). The first-order valence-corrected chi connectivity index (χ1v) is 12.8. The number of hydrogen-bond donors (Lipinski definition) is 0. The summed E-state index contributed by atoms with van der Waals surface area (Å²) >= 11 is 0. The van der Waals surface area contributed by atoms with Gasteiger partial charge in [0.2, 0.25) is 0 Å². The fourth-order valence-electron chi connectivity index (χ4n) is 3.57. The van der Waals surface area contributed by atoms with Crippen molar-refractivity contribution in [2.45, 2.75) is 63.1 Å². The maximum Gasteiger partial charge on any atom is 0.263 e. The van der Waals surface area contributed by atoms with Crippen LogP contribution < -0.4 is 9.64 Å². The van der Waals surface area contributed by atoms with Gasteiger partial charge in [0.05, 0.1) is 19.8 Å². The van der Waals surface area contributed by atoms with Crippen molar-refractivity contribution in [2.24, 2.45) is 0 Å². The molecule has 0 radical (unpaired) electrons. The molecule has 3 atom stereocenters. The molecule has 1 saturated heterocycles. The number of benzene rings is 1. The standard InChI is InChI=1S/C22H30N2O4Si/c1-21(2,3)29(5,6)28-19-18(15-23)24(16-9-11-17(26-4)12-10-16)20(25)22(19)13-7-8-14-27-22/h7-12,18-19H,13-14H2,1-6H3/t18-,19+,22-/m1/s1. The minimum absolute atomic E-state index is 0.0602. The van der Waals surface area contributed by atoms with E-state index >= 15 is 0 Å². The van der Waals surface area contributed by atoms with Crippen LogP contribution in [0.3, 0.4) is 0 Å². The predicted octanol–water partition coefficient (Wildman–Crippen LogP) is 4.04. The molecule has 6 nitrogen and oxygen atoms in total. The van der Waals surface area contributed by atoms with E-state index in [0.29, 0.717) is 24.5 Å². The topological polar surface area (TPSA) is 71.8 Å². The third kappa shape index (κ3) is 3.61. The summed E-state index contributed by atoms with van der Waals surface area (Å²) in [6, 6.07) is 8.72. The van der Waals surface area contributed by atoms with Crippen molar-refractivity contribution in [3.63, 3.8) is 0 Å². The summed E-state index contributed by atoms with van der Waals surface area (Å²) in [7, 11) is -0.675. The van der Waals surface area contributed by atoms with Crippen molar-refractivity contribution in [3.8, 4) is 11.8 Å². The van der Waals surface area contributed by atoms with Crippen LogP contribution in [0.25, 0.3) is 0 Å². The van der Waals surface area contributed by atoms with Gasteiger partial charge in [-0.15, -0.1) is 0 Å². The lowest BCUT2D eigenvalue weighted by molar-refractivity contribution is -0.149. The van der Waals surface area contributed by atoms with Crippen molar-refractivity contribution in [3.05, 3.63) is 36.4 Å². The van der Waals surface area contributed by atoms with E-state index in [1.54, 1.807) is 31.4 Å². The molecule has 0 aromatic heterocycles. The summed E-state index contributed by atoms with van der Waals surface area (Å²) < 4.78 is 18.0. The van der Waals surface area contributed by atoms with E-state index in [1.165, 1.54) is 4.90 Å². The van der Waals surface area contributed by atoms with Crippen molar-refractivity contribution in [2.75, 3.05) is 18.6 Å². The Balaban J connectivity index is 2.07. The van der Waals surface area contributed by atoms with E-state index in [0.717, 1.165) is 0 Å².